The second-order valence-electron chi connectivity index (χ2n) is 5.23. The number of nitrogens with zero attached hydrogens (tertiary/aromatic N) is 1. The number of nitrogens with one attached hydrogen (secondary N) is 1. The highest BCUT2D eigenvalue weighted by Crippen LogP contribution is 2.27. The predicted octanol–water partition coefficient (Wildman–Crippen LogP) is 3.16. The van der Waals surface area contributed by atoms with Gasteiger partial charge in [0.05, 0.1) is 23.1 Å². The Bertz CT molecular complexity index is 618. The van der Waals surface area contributed by atoms with E-state index in [1.165, 1.54) is 6.20 Å². The number of ether oxygens (including phenoxy) is 1. The van der Waals surface area contributed by atoms with Gasteiger partial charge in [-0.15, -0.1) is 0 Å². The zero-order valence-electron chi connectivity index (χ0n) is 11.2. The standard InChI is InChI=1S/C14H17N3O2/c1-14(2,3)19-13(18)17-12-9-6-4-5-7-11(9)16-8-10(12)15/h4-8H,15H2,1-3H3,(H,16,17,18). The lowest BCUT2D eigenvalue weighted by molar-refractivity contribution is 0.0636. The summed E-state index contributed by atoms with van der Waals surface area (Å²) in [5.74, 6) is 0. The highest BCUT2D eigenvalue weighted by Gasteiger charge is 2.18. The molecule has 0 spiro atoms. The second kappa shape index (κ2) is 4.76. The van der Waals surface area contributed by atoms with E-state index in [9.17, 15) is 4.79 Å². The number of para-hydroxylation sites is 1. The van der Waals surface area contributed by atoms with E-state index in [0.717, 1.165) is 10.9 Å². The van der Waals surface area contributed by atoms with Crippen LogP contribution in [-0.2, 0) is 4.74 Å². The summed E-state index contributed by atoms with van der Waals surface area (Å²) in [5.41, 5.74) is 7.01. The fourth-order valence-electron chi connectivity index (χ4n) is 1.70. The van der Waals surface area contributed by atoms with Gasteiger partial charge in [0.25, 0.3) is 0 Å². The van der Waals surface area contributed by atoms with Gasteiger partial charge in [-0.1, -0.05) is 18.2 Å². The van der Waals surface area contributed by atoms with Crippen LogP contribution in [0.5, 0.6) is 0 Å². The van der Waals surface area contributed by atoms with Crippen LogP contribution in [0.15, 0.2) is 30.5 Å². The molecular weight excluding hydrogens is 242 g/mol. The Kier molecular flexibility index (Phi) is 3.29. The number of pyridine rings is 1. The maximum absolute atomic E-state index is 11.8. The number of carbonyl (C=O) groups excluding carboxylic acids is 1. The Labute approximate surface area is 111 Å². The van der Waals surface area contributed by atoms with E-state index in [2.05, 4.69) is 10.3 Å². The predicted molar refractivity (Wildman–Crippen MR) is 76.0 cm³/mol. The maximum atomic E-state index is 11.8. The monoisotopic (exact) mass is 259 g/mol. The van der Waals surface area contributed by atoms with Crippen molar-refractivity contribution in [1.82, 2.24) is 4.98 Å². The van der Waals surface area contributed by atoms with E-state index >= 15 is 0 Å². The number of hydrogen-bond acceptors (Lipinski definition) is 4. The Hall–Kier alpha value is -2.30. The highest BCUT2D eigenvalue weighted by atomic mass is 16.6. The summed E-state index contributed by atoms with van der Waals surface area (Å²) in [6.45, 7) is 5.42. The van der Waals surface area contributed by atoms with Crippen molar-refractivity contribution >= 4 is 28.4 Å². The minimum absolute atomic E-state index is 0.407. The van der Waals surface area contributed by atoms with Crippen LogP contribution in [0.1, 0.15) is 20.8 Å². The van der Waals surface area contributed by atoms with Gasteiger partial charge in [0.2, 0.25) is 0 Å². The number of anilines is 2. The minimum atomic E-state index is -0.554. The second-order valence-corrected chi connectivity index (χ2v) is 5.23. The molecule has 0 aliphatic rings. The van der Waals surface area contributed by atoms with Gasteiger partial charge >= 0.3 is 6.09 Å². The molecule has 19 heavy (non-hydrogen) atoms. The molecule has 0 aliphatic heterocycles. The van der Waals surface area contributed by atoms with Crippen molar-refractivity contribution in [1.29, 1.82) is 0 Å². The first-order valence-corrected chi connectivity index (χ1v) is 6.00. The van der Waals surface area contributed by atoms with Crippen molar-refractivity contribution in [3.05, 3.63) is 30.5 Å². The van der Waals surface area contributed by atoms with E-state index < -0.39 is 11.7 Å². The molecule has 0 aliphatic carbocycles. The molecular formula is C14H17N3O2. The maximum Gasteiger partial charge on any atom is 0.412 e. The summed E-state index contributed by atoms with van der Waals surface area (Å²) in [7, 11) is 0. The van der Waals surface area contributed by atoms with Crippen molar-refractivity contribution in [2.24, 2.45) is 0 Å². The van der Waals surface area contributed by atoms with Gasteiger partial charge in [0, 0.05) is 5.39 Å². The van der Waals surface area contributed by atoms with Gasteiger partial charge in [-0.2, -0.15) is 0 Å². The van der Waals surface area contributed by atoms with Crippen LogP contribution < -0.4 is 11.1 Å². The summed E-state index contributed by atoms with van der Waals surface area (Å²) >= 11 is 0. The number of carbonyl (C=O) groups is 1. The molecule has 1 aromatic heterocycles. The molecule has 1 aromatic carbocycles. The molecule has 100 valence electrons. The fourth-order valence-corrected chi connectivity index (χ4v) is 1.70. The number of hydrogen-bond donors (Lipinski definition) is 2. The minimum Gasteiger partial charge on any atom is -0.444 e. The van der Waals surface area contributed by atoms with Crippen molar-refractivity contribution < 1.29 is 9.53 Å². The van der Waals surface area contributed by atoms with Gasteiger partial charge in [0.1, 0.15) is 5.60 Å². The first kappa shape index (κ1) is 13.1. The van der Waals surface area contributed by atoms with Crippen molar-refractivity contribution in [2.45, 2.75) is 26.4 Å². The van der Waals surface area contributed by atoms with Crippen LogP contribution in [0.25, 0.3) is 10.9 Å². The largest absolute Gasteiger partial charge is 0.444 e. The molecule has 5 nitrogen and oxygen atoms in total. The van der Waals surface area contributed by atoms with Gasteiger partial charge in [-0.05, 0) is 26.8 Å². The Morgan fingerprint density at radius 3 is 2.68 bits per heavy atom. The van der Waals surface area contributed by atoms with Crippen LogP contribution in [0.2, 0.25) is 0 Å². The van der Waals surface area contributed by atoms with Crippen LogP contribution in [0.3, 0.4) is 0 Å². The topological polar surface area (TPSA) is 77.2 Å². The molecule has 3 N–H and O–H groups in total. The smallest absolute Gasteiger partial charge is 0.412 e. The number of nitrogens with two attached hydrogens (primary N) is 1. The molecule has 0 radical (unpaired) electrons. The van der Waals surface area contributed by atoms with E-state index in [-0.39, 0.29) is 0 Å². The Morgan fingerprint density at radius 2 is 2.00 bits per heavy atom. The molecule has 0 bridgehead atoms. The Balaban J connectivity index is 2.34. The van der Waals surface area contributed by atoms with E-state index in [4.69, 9.17) is 10.5 Å². The lowest BCUT2D eigenvalue weighted by Crippen LogP contribution is -2.27. The summed E-state index contributed by atoms with van der Waals surface area (Å²) in [6.07, 6.45) is 0.991. The summed E-state index contributed by atoms with van der Waals surface area (Å²) in [4.78, 5) is 16.0. The van der Waals surface area contributed by atoms with Crippen LogP contribution in [0, 0.1) is 0 Å². The van der Waals surface area contributed by atoms with Gasteiger partial charge in [-0.3, -0.25) is 10.3 Å². The summed E-state index contributed by atoms with van der Waals surface area (Å²) in [6, 6.07) is 7.45. The molecule has 0 saturated carbocycles. The number of rotatable bonds is 1. The number of nitrogen functional groups attached to an aromatic ring is 1. The van der Waals surface area contributed by atoms with Crippen molar-refractivity contribution in [3.8, 4) is 0 Å². The first-order valence-electron chi connectivity index (χ1n) is 6.00. The van der Waals surface area contributed by atoms with Gasteiger partial charge in [0.15, 0.2) is 0 Å². The number of amides is 1. The first-order chi connectivity index (χ1) is 8.87. The quantitative estimate of drug-likeness (QED) is 0.824. The van der Waals surface area contributed by atoms with E-state index in [1.54, 1.807) is 20.8 Å². The van der Waals surface area contributed by atoms with Crippen LogP contribution >= 0.6 is 0 Å². The van der Waals surface area contributed by atoms with Crippen LogP contribution in [0.4, 0.5) is 16.2 Å². The highest BCUT2D eigenvalue weighted by molar-refractivity contribution is 6.03. The molecule has 5 heteroatoms. The third-order valence-corrected chi connectivity index (χ3v) is 2.43. The van der Waals surface area contributed by atoms with Gasteiger partial charge in [-0.25, -0.2) is 4.79 Å². The van der Waals surface area contributed by atoms with Gasteiger partial charge < -0.3 is 10.5 Å². The molecule has 1 heterocycles. The van der Waals surface area contributed by atoms with E-state index in [0.29, 0.717) is 11.4 Å². The SMILES string of the molecule is CC(C)(C)OC(=O)Nc1c(N)cnc2ccccc12. The summed E-state index contributed by atoms with van der Waals surface area (Å²) in [5, 5.41) is 3.47. The molecule has 2 aromatic rings. The Morgan fingerprint density at radius 1 is 1.32 bits per heavy atom. The normalized spacial score (nSPS) is 11.3. The third-order valence-electron chi connectivity index (χ3n) is 2.43. The summed E-state index contributed by atoms with van der Waals surface area (Å²) < 4.78 is 5.22. The average Bonchev–Trinajstić information content (AvgIpc) is 2.31. The lowest BCUT2D eigenvalue weighted by atomic mass is 10.1. The van der Waals surface area contributed by atoms with Crippen LogP contribution in [-0.4, -0.2) is 16.7 Å². The molecule has 0 unspecified atom stereocenters. The van der Waals surface area contributed by atoms with Crippen molar-refractivity contribution in [2.75, 3.05) is 11.1 Å². The lowest BCUT2D eigenvalue weighted by Gasteiger charge is -2.20. The van der Waals surface area contributed by atoms with Crippen molar-refractivity contribution in [3.63, 3.8) is 0 Å². The average molecular weight is 259 g/mol. The van der Waals surface area contributed by atoms with E-state index in [1.807, 2.05) is 24.3 Å². The zero-order valence-corrected chi connectivity index (χ0v) is 11.2. The molecule has 0 saturated heterocycles. The molecule has 0 fully saturated rings. The number of benzene rings is 1. The fraction of sp³-hybridized carbons (Fsp3) is 0.286. The molecule has 2 rings (SSSR count). The number of aromatic nitrogens is 1. The third kappa shape index (κ3) is 3.13. The molecule has 0 atom stereocenters. The molecule has 1 amide bonds. The number of fused-ring (bicyclic) bond motifs is 1. The zero-order chi connectivity index (χ0) is 14.0.